The van der Waals surface area contributed by atoms with Gasteiger partial charge in [-0.3, -0.25) is 4.79 Å². The summed E-state index contributed by atoms with van der Waals surface area (Å²) in [6, 6.07) is 7.53. The first kappa shape index (κ1) is 20.1. The largest absolute Gasteiger partial charge is 0.497 e. The van der Waals surface area contributed by atoms with Gasteiger partial charge in [-0.25, -0.2) is 9.67 Å². The average Bonchev–Trinajstić information content (AvgIpc) is 3.02. The van der Waals surface area contributed by atoms with E-state index in [1.807, 2.05) is 31.2 Å². The standard InChI is InChI=1S/C20H24ClN5O2/c1-13-17-18(21)16(20(27)22-9-6-10-25(2)3)12-23-19(17)26(24-13)14-7-5-8-15(11-14)28-4/h5,7-8,11-12H,6,9-10H2,1-4H3,(H,22,27)/p+1. The van der Waals surface area contributed by atoms with Crippen LogP contribution in [-0.4, -0.2) is 55.0 Å². The molecule has 7 nitrogen and oxygen atoms in total. The zero-order chi connectivity index (χ0) is 20.3. The minimum atomic E-state index is -0.221. The van der Waals surface area contributed by atoms with E-state index in [-0.39, 0.29) is 5.91 Å². The number of hydrogen-bond acceptors (Lipinski definition) is 4. The molecule has 3 aromatic rings. The van der Waals surface area contributed by atoms with Gasteiger partial charge in [0.2, 0.25) is 0 Å². The first-order valence-corrected chi connectivity index (χ1v) is 9.55. The van der Waals surface area contributed by atoms with Crippen LogP contribution in [0.3, 0.4) is 0 Å². The molecule has 0 unspecified atom stereocenters. The molecule has 0 saturated carbocycles. The number of carbonyl (C=O) groups is 1. The zero-order valence-corrected chi connectivity index (χ0v) is 17.3. The third-order valence-corrected chi connectivity index (χ3v) is 4.88. The zero-order valence-electron chi connectivity index (χ0n) is 16.5. The van der Waals surface area contributed by atoms with Crippen molar-refractivity contribution in [2.24, 2.45) is 0 Å². The first-order valence-electron chi connectivity index (χ1n) is 9.18. The number of aryl methyl sites for hydroxylation is 1. The second-order valence-corrected chi connectivity index (χ2v) is 7.33. The Morgan fingerprint density at radius 3 is 2.86 bits per heavy atom. The molecule has 0 aliphatic rings. The Morgan fingerprint density at radius 2 is 2.14 bits per heavy atom. The predicted molar refractivity (Wildman–Crippen MR) is 110 cm³/mol. The van der Waals surface area contributed by atoms with Crippen LogP contribution >= 0.6 is 11.6 Å². The van der Waals surface area contributed by atoms with E-state index in [2.05, 4.69) is 29.5 Å². The number of halogens is 1. The molecule has 0 fully saturated rings. The quantitative estimate of drug-likeness (QED) is 0.589. The number of amides is 1. The number of nitrogens with zero attached hydrogens (tertiary/aromatic N) is 3. The number of methoxy groups -OCH3 is 1. The molecule has 0 radical (unpaired) electrons. The molecule has 2 N–H and O–H groups in total. The van der Waals surface area contributed by atoms with E-state index in [1.54, 1.807) is 11.8 Å². The maximum Gasteiger partial charge on any atom is 0.254 e. The third kappa shape index (κ3) is 4.10. The maximum atomic E-state index is 12.5. The summed E-state index contributed by atoms with van der Waals surface area (Å²) >= 11 is 6.58. The van der Waals surface area contributed by atoms with E-state index in [4.69, 9.17) is 16.3 Å². The summed E-state index contributed by atoms with van der Waals surface area (Å²) in [4.78, 5) is 18.4. The Bertz CT molecular complexity index is 1000. The second kappa shape index (κ2) is 8.58. The Kier molecular flexibility index (Phi) is 6.16. The Labute approximate surface area is 169 Å². The fourth-order valence-corrected chi connectivity index (χ4v) is 3.38. The number of quaternary nitrogens is 1. The third-order valence-electron chi connectivity index (χ3n) is 4.49. The van der Waals surface area contributed by atoms with E-state index >= 15 is 0 Å². The van der Waals surface area contributed by atoms with Gasteiger partial charge >= 0.3 is 0 Å². The van der Waals surface area contributed by atoms with Gasteiger partial charge in [-0.05, 0) is 19.1 Å². The van der Waals surface area contributed by atoms with E-state index in [1.165, 1.54) is 11.1 Å². The van der Waals surface area contributed by atoms with Crippen molar-refractivity contribution >= 4 is 28.5 Å². The first-order chi connectivity index (χ1) is 13.4. The fourth-order valence-electron chi connectivity index (χ4n) is 3.03. The van der Waals surface area contributed by atoms with Gasteiger partial charge in [0.25, 0.3) is 5.91 Å². The van der Waals surface area contributed by atoms with Crippen LogP contribution in [0.5, 0.6) is 5.75 Å². The highest BCUT2D eigenvalue weighted by atomic mass is 35.5. The summed E-state index contributed by atoms with van der Waals surface area (Å²) in [5.41, 5.74) is 2.48. The van der Waals surface area contributed by atoms with Crippen LogP contribution in [0.25, 0.3) is 16.7 Å². The van der Waals surface area contributed by atoms with Gasteiger partial charge in [-0.15, -0.1) is 0 Å². The van der Waals surface area contributed by atoms with Crippen molar-refractivity contribution in [3.05, 3.63) is 46.7 Å². The number of benzene rings is 1. The average molecular weight is 403 g/mol. The smallest absolute Gasteiger partial charge is 0.254 e. The van der Waals surface area contributed by atoms with E-state index in [9.17, 15) is 4.79 Å². The highest BCUT2D eigenvalue weighted by Crippen LogP contribution is 2.30. The van der Waals surface area contributed by atoms with Gasteiger partial charge in [-0.1, -0.05) is 17.7 Å². The summed E-state index contributed by atoms with van der Waals surface area (Å²) in [7, 11) is 5.78. The number of fused-ring (bicyclic) bond motifs is 1. The Hall–Kier alpha value is -2.64. The van der Waals surface area contributed by atoms with Crippen LogP contribution in [0.15, 0.2) is 30.5 Å². The van der Waals surface area contributed by atoms with Crippen molar-refractivity contribution in [2.75, 3.05) is 34.3 Å². The van der Waals surface area contributed by atoms with E-state index in [0.717, 1.165) is 24.4 Å². The van der Waals surface area contributed by atoms with Crippen LogP contribution in [0.1, 0.15) is 22.5 Å². The number of ether oxygens (including phenoxy) is 1. The van der Waals surface area contributed by atoms with Gasteiger partial charge in [0.05, 0.1) is 55.1 Å². The summed E-state index contributed by atoms with van der Waals surface area (Å²) in [6.45, 7) is 3.44. The molecule has 2 aromatic heterocycles. The van der Waals surface area contributed by atoms with E-state index in [0.29, 0.717) is 33.9 Å². The lowest BCUT2D eigenvalue weighted by atomic mass is 10.2. The van der Waals surface area contributed by atoms with Gasteiger partial charge in [0.15, 0.2) is 5.65 Å². The summed E-state index contributed by atoms with van der Waals surface area (Å²) < 4.78 is 7.00. The number of carbonyl (C=O) groups excluding carboxylic acids is 1. The second-order valence-electron chi connectivity index (χ2n) is 6.95. The molecule has 2 heterocycles. The van der Waals surface area contributed by atoms with Crippen molar-refractivity contribution in [3.63, 3.8) is 0 Å². The van der Waals surface area contributed by atoms with Crippen molar-refractivity contribution < 1.29 is 14.4 Å². The normalized spacial score (nSPS) is 11.2. The van der Waals surface area contributed by atoms with Crippen LogP contribution < -0.4 is 15.0 Å². The molecule has 0 aliphatic carbocycles. The summed E-state index contributed by atoms with van der Waals surface area (Å²) in [6.07, 6.45) is 2.41. The lowest BCUT2D eigenvalue weighted by molar-refractivity contribution is -0.858. The molecule has 0 aliphatic heterocycles. The molecule has 1 amide bonds. The lowest BCUT2D eigenvalue weighted by Crippen LogP contribution is -3.05. The highest BCUT2D eigenvalue weighted by Gasteiger charge is 2.20. The Morgan fingerprint density at radius 1 is 1.36 bits per heavy atom. The van der Waals surface area contributed by atoms with Gasteiger partial charge in [-0.2, -0.15) is 5.10 Å². The maximum absolute atomic E-state index is 12.5. The number of hydrogen-bond donors (Lipinski definition) is 2. The molecule has 0 saturated heterocycles. The van der Waals surface area contributed by atoms with Gasteiger partial charge in [0.1, 0.15) is 5.75 Å². The van der Waals surface area contributed by atoms with E-state index < -0.39 is 0 Å². The SMILES string of the molecule is COc1cccc(-n2nc(C)c3c(Cl)c(C(=O)NCCC[NH+](C)C)cnc32)c1. The molecular formula is C20H25ClN5O2+. The van der Waals surface area contributed by atoms with Gasteiger partial charge < -0.3 is 15.0 Å². The van der Waals surface area contributed by atoms with Crippen molar-refractivity contribution in [3.8, 4) is 11.4 Å². The minimum Gasteiger partial charge on any atom is -0.497 e. The molecule has 3 rings (SSSR count). The highest BCUT2D eigenvalue weighted by molar-refractivity contribution is 6.38. The number of aromatic nitrogens is 3. The van der Waals surface area contributed by atoms with Crippen molar-refractivity contribution in [1.29, 1.82) is 0 Å². The monoisotopic (exact) mass is 402 g/mol. The van der Waals surface area contributed by atoms with Crippen LogP contribution in [0.2, 0.25) is 5.02 Å². The molecule has 148 valence electrons. The molecule has 1 aromatic carbocycles. The number of pyridine rings is 1. The number of nitrogens with one attached hydrogen (secondary N) is 2. The Balaban J connectivity index is 1.92. The fraction of sp³-hybridized carbons (Fsp3) is 0.350. The molecular weight excluding hydrogens is 378 g/mol. The summed E-state index contributed by atoms with van der Waals surface area (Å²) in [5.74, 6) is 0.502. The molecule has 0 bridgehead atoms. The van der Waals surface area contributed by atoms with Crippen molar-refractivity contribution in [2.45, 2.75) is 13.3 Å². The predicted octanol–water partition coefficient (Wildman–Crippen LogP) is 1.66. The number of rotatable bonds is 7. The van der Waals surface area contributed by atoms with Crippen LogP contribution in [0, 0.1) is 6.92 Å². The van der Waals surface area contributed by atoms with Gasteiger partial charge in [0, 0.05) is 25.2 Å². The van der Waals surface area contributed by atoms with Crippen molar-refractivity contribution in [1.82, 2.24) is 20.1 Å². The lowest BCUT2D eigenvalue weighted by Gasteiger charge is -2.09. The molecule has 0 spiro atoms. The molecule has 8 heteroatoms. The molecule has 0 atom stereocenters. The van der Waals surface area contributed by atoms with Crippen LogP contribution in [0.4, 0.5) is 0 Å². The van der Waals surface area contributed by atoms with Crippen LogP contribution in [-0.2, 0) is 0 Å². The molecule has 28 heavy (non-hydrogen) atoms. The minimum absolute atomic E-state index is 0.221. The summed E-state index contributed by atoms with van der Waals surface area (Å²) in [5, 5.41) is 8.53. The topological polar surface area (TPSA) is 73.5 Å².